The standard InChI is InChI=1S/C68H128O6/c1-4-7-10-13-16-19-21-23-25-27-28-29-30-31-32-33-34-35-36-37-38-39-40-41-43-44-46-49-52-55-58-61-67(70)73-64-65(63-72-66(69)60-57-54-51-48-18-15-12-9-6-3)74-68(71)62-59-56-53-50-47-45-42-26-24-22-20-17-14-11-8-5-2/h20,22,26,42,65H,4-19,21,23-25,27-41,43-64H2,1-3H3/b22-20-,42-26-. The molecule has 0 amide bonds. The molecule has 0 fully saturated rings. The smallest absolute Gasteiger partial charge is 0.306 e. The van der Waals surface area contributed by atoms with E-state index in [9.17, 15) is 14.4 Å². The van der Waals surface area contributed by atoms with Gasteiger partial charge in [-0.2, -0.15) is 0 Å². The van der Waals surface area contributed by atoms with Gasteiger partial charge in [-0.25, -0.2) is 0 Å². The van der Waals surface area contributed by atoms with Gasteiger partial charge in [-0.05, 0) is 51.4 Å². The van der Waals surface area contributed by atoms with Gasteiger partial charge in [0.2, 0.25) is 0 Å². The predicted molar refractivity (Wildman–Crippen MR) is 321 cm³/mol. The molecule has 0 aliphatic carbocycles. The molecular weight excluding hydrogens is 913 g/mol. The zero-order valence-electron chi connectivity index (χ0n) is 50.1. The van der Waals surface area contributed by atoms with E-state index in [1.165, 1.54) is 257 Å². The van der Waals surface area contributed by atoms with Crippen molar-refractivity contribution in [2.75, 3.05) is 13.2 Å². The Morgan fingerprint density at radius 1 is 0.270 bits per heavy atom. The molecule has 0 heterocycles. The minimum Gasteiger partial charge on any atom is -0.462 e. The fraction of sp³-hybridized carbons (Fsp3) is 0.897. The zero-order valence-corrected chi connectivity index (χ0v) is 50.1. The van der Waals surface area contributed by atoms with Gasteiger partial charge in [0.05, 0.1) is 0 Å². The van der Waals surface area contributed by atoms with Crippen LogP contribution in [-0.4, -0.2) is 37.2 Å². The number of unbranched alkanes of at least 4 members (excludes halogenated alkanes) is 47. The number of carbonyl (C=O) groups excluding carboxylic acids is 3. The number of rotatable bonds is 62. The summed E-state index contributed by atoms with van der Waals surface area (Å²) in [6, 6.07) is 0. The summed E-state index contributed by atoms with van der Waals surface area (Å²) >= 11 is 0. The fourth-order valence-corrected chi connectivity index (χ4v) is 10.2. The van der Waals surface area contributed by atoms with Crippen LogP contribution in [0.3, 0.4) is 0 Å². The van der Waals surface area contributed by atoms with Gasteiger partial charge in [-0.3, -0.25) is 14.4 Å². The molecule has 0 aromatic heterocycles. The number of hydrogen-bond acceptors (Lipinski definition) is 6. The van der Waals surface area contributed by atoms with Crippen LogP contribution in [-0.2, 0) is 28.6 Å². The predicted octanol–water partition coefficient (Wildman–Crippen LogP) is 22.6. The van der Waals surface area contributed by atoms with E-state index in [4.69, 9.17) is 14.2 Å². The highest BCUT2D eigenvalue weighted by Crippen LogP contribution is 2.18. The molecule has 6 heteroatoms. The molecule has 436 valence electrons. The van der Waals surface area contributed by atoms with Crippen molar-refractivity contribution in [1.82, 2.24) is 0 Å². The zero-order chi connectivity index (χ0) is 53.6. The minimum atomic E-state index is -0.774. The maximum absolute atomic E-state index is 12.8. The van der Waals surface area contributed by atoms with Crippen LogP contribution in [0.2, 0.25) is 0 Å². The molecule has 0 aliphatic heterocycles. The Bertz CT molecular complexity index is 1190. The van der Waals surface area contributed by atoms with E-state index in [1.54, 1.807) is 0 Å². The largest absolute Gasteiger partial charge is 0.462 e. The number of carbonyl (C=O) groups is 3. The van der Waals surface area contributed by atoms with Gasteiger partial charge >= 0.3 is 17.9 Å². The molecule has 0 radical (unpaired) electrons. The molecule has 0 aromatic rings. The molecule has 1 atom stereocenters. The van der Waals surface area contributed by atoms with Crippen molar-refractivity contribution in [1.29, 1.82) is 0 Å². The quantitative estimate of drug-likeness (QED) is 0.0261. The summed E-state index contributed by atoms with van der Waals surface area (Å²) in [4.78, 5) is 38.1. The van der Waals surface area contributed by atoms with Gasteiger partial charge in [0.15, 0.2) is 6.10 Å². The summed E-state index contributed by atoms with van der Waals surface area (Å²) in [5, 5.41) is 0. The number of allylic oxidation sites excluding steroid dienone is 4. The monoisotopic (exact) mass is 1040 g/mol. The Hall–Kier alpha value is -2.11. The van der Waals surface area contributed by atoms with Crippen LogP contribution in [0.1, 0.15) is 374 Å². The van der Waals surface area contributed by atoms with Gasteiger partial charge in [0, 0.05) is 19.3 Å². The Labute approximate surface area is 462 Å². The molecule has 0 bridgehead atoms. The molecule has 74 heavy (non-hydrogen) atoms. The molecule has 6 nitrogen and oxygen atoms in total. The highest BCUT2D eigenvalue weighted by atomic mass is 16.6. The van der Waals surface area contributed by atoms with Crippen LogP contribution in [0.5, 0.6) is 0 Å². The van der Waals surface area contributed by atoms with E-state index in [-0.39, 0.29) is 31.1 Å². The summed E-state index contributed by atoms with van der Waals surface area (Å²) in [5.41, 5.74) is 0. The van der Waals surface area contributed by atoms with Crippen LogP contribution in [0.15, 0.2) is 24.3 Å². The van der Waals surface area contributed by atoms with Crippen molar-refractivity contribution in [3.63, 3.8) is 0 Å². The first-order chi connectivity index (χ1) is 36.5. The van der Waals surface area contributed by atoms with Crippen molar-refractivity contribution >= 4 is 17.9 Å². The second-order valence-electron chi connectivity index (χ2n) is 22.7. The van der Waals surface area contributed by atoms with E-state index in [0.29, 0.717) is 19.3 Å². The highest BCUT2D eigenvalue weighted by molar-refractivity contribution is 5.71. The van der Waals surface area contributed by atoms with Crippen molar-refractivity contribution in [3.8, 4) is 0 Å². The number of hydrogen-bond donors (Lipinski definition) is 0. The van der Waals surface area contributed by atoms with E-state index in [1.807, 2.05) is 0 Å². The average Bonchev–Trinajstić information content (AvgIpc) is 3.40. The van der Waals surface area contributed by atoms with Crippen LogP contribution in [0.4, 0.5) is 0 Å². The third-order valence-electron chi connectivity index (χ3n) is 15.2. The van der Waals surface area contributed by atoms with Gasteiger partial charge in [0.25, 0.3) is 0 Å². The molecule has 0 aromatic carbocycles. The minimum absolute atomic E-state index is 0.0717. The number of ether oxygens (including phenoxy) is 3. The van der Waals surface area contributed by atoms with Crippen molar-refractivity contribution in [2.24, 2.45) is 0 Å². The SMILES string of the molecule is CCCCCC/C=C\C/C=C\CCCCCCCC(=O)OC(COC(=O)CCCCCCCCCCC)COC(=O)CCCCCCCCCCCCCCCCCCCCCCCCCCCCCCCCC. The van der Waals surface area contributed by atoms with E-state index in [2.05, 4.69) is 45.1 Å². The first kappa shape index (κ1) is 71.9. The second kappa shape index (κ2) is 63.4. The molecule has 0 saturated heterocycles. The molecule has 0 spiro atoms. The van der Waals surface area contributed by atoms with Crippen LogP contribution in [0, 0.1) is 0 Å². The molecule has 0 aliphatic rings. The Morgan fingerprint density at radius 2 is 0.486 bits per heavy atom. The average molecular weight is 1040 g/mol. The first-order valence-corrected chi connectivity index (χ1v) is 33.3. The van der Waals surface area contributed by atoms with Gasteiger partial charge in [-0.1, -0.05) is 328 Å². The maximum Gasteiger partial charge on any atom is 0.306 e. The lowest BCUT2D eigenvalue weighted by atomic mass is 10.0. The van der Waals surface area contributed by atoms with Crippen LogP contribution < -0.4 is 0 Å². The molecule has 0 saturated carbocycles. The van der Waals surface area contributed by atoms with Gasteiger partial charge < -0.3 is 14.2 Å². The molecule has 0 N–H and O–H groups in total. The topological polar surface area (TPSA) is 78.9 Å². The van der Waals surface area contributed by atoms with Gasteiger partial charge in [0.1, 0.15) is 13.2 Å². The lowest BCUT2D eigenvalue weighted by Gasteiger charge is -2.18. The second-order valence-corrected chi connectivity index (χ2v) is 22.7. The third kappa shape index (κ3) is 60.8. The lowest BCUT2D eigenvalue weighted by Crippen LogP contribution is -2.30. The summed E-state index contributed by atoms with van der Waals surface area (Å²) in [6.07, 6.45) is 76.5. The van der Waals surface area contributed by atoms with Crippen molar-refractivity contribution < 1.29 is 28.6 Å². The molecular formula is C68H128O6. The summed E-state index contributed by atoms with van der Waals surface area (Å²) in [7, 11) is 0. The fourth-order valence-electron chi connectivity index (χ4n) is 10.2. The Balaban J connectivity index is 4.03. The lowest BCUT2D eigenvalue weighted by molar-refractivity contribution is -0.167. The molecule has 1 unspecified atom stereocenters. The Kier molecular flexibility index (Phi) is 61.6. The summed E-state index contributed by atoms with van der Waals surface area (Å²) < 4.78 is 16.9. The first-order valence-electron chi connectivity index (χ1n) is 33.3. The maximum atomic E-state index is 12.8. The van der Waals surface area contributed by atoms with Crippen LogP contribution in [0.25, 0.3) is 0 Å². The summed E-state index contributed by atoms with van der Waals surface area (Å²) in [5.74, 6) is -0.865. The Morgan fingerprint density at radius 3 is 0.757 bits per heavy atom. The number of esters is 3. The highest BCUT2D eigenvalue weighted by Gasteiger charge is 2.19. The van der Waals surface area contributed by atoms with E-state index in [0.717, 1.165) is 77.0 Å². The molecule has 0 rings (SSSR count). The van der Waals surface area contributed by atoms with Crippen molar-refractivity contribution in [2.45, 2.75) is 380 Å². The van der Waals surface area contributed by atoms with Gasteiger partial charge in [-0.15, -0.1) is 0 Å². The van der Waals surface area contributed by atoms with E-state index < -0.39 is 6.10 Å². The van der Waals surface area contributed by atoms with E-state index >= 15 is 0 Å². The van der Waals surface area contributed by atoms with Crippen LogP contribution >= 0.6 is 0 Å². The third-order valence-corrected chi connectivity index (χ3v) is 15.2. The summed E-state index contributed by atoms with van der Waals surface area (Å²) in [6.45, 7) is 6.65. The van der Waals surface area contributed by atoms with Crippen molar-refractivity contribution in [3.05, 3.63) is 24.3 Å². The normalized spacial score (nSPS) is 12.1.